The van der Waals surface area contributed by atoms with E-state index in [1.807, 2.05) is 38.2 Å². The van der Waals surface area contributed by atoms with Crippen molar-refractivity contribution in [1.29, 1.82) is 5.26 Å². The topological polar surface area (TPSA) is 53.3 Å². The van der Waals surface area contributed by atoms with Crippen molar-refractivity contribution in [3.63, 3.8) is 0 Å². The first-order valence-electron chi connectivity index (χ1n) is 5.33. The van der Waals surface area contributed by atoms with Crippen LogP contribution in [-0.2, 0) is 4.79 Å². The molecule has 0 aliphatic heterocycles. The smallest absolute Gasteiger partial charge is 0.166 e. The van der Waals surface area contributed by atoms with Crippen LogP contribution in [0.15, 0.2) is 18.2 Å². The Bertz CT molecular complexity index is 449. The van der Waals surface area contributed by atoms with Crippen molar-refractivity contribution >= 4 is 11.5 Å². The number of hydrogen-bond acceptors (Lipinski definition) is 4. The first kappa shape index (κ1) is 13.0. The number of hydrogen-bond donors (Lipinski definition) is 0. The molecule has 0 aliphatic rings. The van der Waals surface area contributed by atoms with Gasteiger partial charge in [0, 0.05) is 7.05 Å². The number of Topliss-reactive ketones (excluding diaryl/α,β-unsaturated/α-hetero) is 1. The second-order valence-corrected chi connectivity index (χ2v) is 3.90. The van der Waals surface area contributed by atoms with Crippen LogP contribution in [0.4, 0.5) is 5.69 Å². The molecule has 1 aromatic carbocycles. The Morgan fingerprint density at radius 2 is 2.24 bits per heavy atom. The van der Waals surface area contributed by atoms with E-state index >= 15 is 0 Å². The standard InChI is InChI=1S/C13H16N2O2/c1-10-4-5-13(17-3)12(8-10)15(2)9-11(16)6-7-14/h4-5,8H,6,9H2,1-3H3. The fourth-order valence-corrected chi connectivity index (χ4v) is 1.59. The summed E-state index contributed by atoms with van der Waals surface area (Å²) in [6.07, 6.45) is -0.0571. The fraction of sp³-hybridized carbons (Fsp3) is 0.385. The van der Waals surface area contributed by atoms with Crippen molar-refractivity contribution in [2.75, 3.05) is 25.6 Å². The number of aryl methyl sites for hydroxylation is 1. The largest absolute Gasteiger partial charge is 0.495 e. The van der Waals surface area contributed by atoms with E-state index in [4.69, 9.17) is 10.00 Å². The Hall–Kier alpha value is -2.02. The summed E-state index contributed by atoms with van der Waals surface area (Å²) < 4.78 is 5.25. The number of anilines is 1. The van der Waals surface area contributed by atoms with E-state index in [-0.39, 0.29) is 18.7 Å². The van der Waals surface area contributed by atoms with Gasteiger partial charge in [-0.3, -0.25) is 4.79 Å². The zero-order chi connectivity index (χ0) is 12.8. The van der Waals surface area contributed by atoms with Gasteiger partial charge in [0.15, 0.2) is 5.78 Å². The molecule has 4 nitrogen and oxygen atoms in total. The van der Waals surface area contributed by atoms with Crippen LogP contribution in [0.3, 0.4) is 0 Å². The van der Waals surface area contributed by atoms with Gasteiger partial charge in [0.2, 0.25) is 0 Å². The van der Waals surface area contributed by atoms with E-state index in [1.165, 1.54) is 0 Å². The number of rotatable bonds is 5. The number of methoxy groups -OCH3 is 1. The number of nitriles is 1. The van der Waals surface area contributed by atoms with Gasteiger partial charge in [-0.05, 0) is 24.6 Å². The first-order valence-corrected chi connectivity index (χ1v) is 5.33. The average molecular weight is 232 g/mol. The molecule has 0 aromatic heterocycles. The van der Waals surface area contributed by atoms with E-state index in [9.17, 15) is 4.79 Å². The van der Waals surface area contributed by atoms with Crippen molar-refractivity contribution in [2.24, 2.45) is 0 Å². The Kier molecular flexibility index (Phi) is 4.53. The minimum Gasteiger partial charge on any atom is -0.495 e. The molecule has 90 valence electrons. The van der Waals surface area contributed by atoms with Crippen LogP contribution >= 0.6 is 0 Å². The fourth-order valence-electron chi connectivity index (χ4n) is 1.59. The summed E-state index contributed by atoms with van der Waals surface area (Å²) in [6.45, 7) is 2.20. The van der Waals surface area contributed by atoms with Crippen LogP contribution in [0.2, 0.25) is 0 Å². The molecule has 4 heteroatoms. The van der Waals surface area contributed by atoms with Crippen molar-refractivity contribution in [1.82, 2.24) is 0 Å². The molecule has 0 aliphatic carbocycles. The van der Waals surface area contributed by atoms with Gasteiger partial charge in [0.05, 0.1) is 31.8 Å². The van der Waals surface area contributed by atoms with Crippen LogP contribution in [0, 0.1) is 18.3 Å². The van der Waals surface area contributed by atoms with Crippen molar-refractivity contribution in [3.05, 3.63) is 23.8 Å². The Morgan fingerprint density at radius 1 is 1.53 bits per heavy atom. The predicted octanol–water partition coefficient (Wildman–Crippen LogP) is 1.92. The van der Waals surface area contributed by atoms with Crippen LogP contribution in [0.1, 0.15) is 12.0 Å². The number of nitrogens with zero attached hydrogens (tertiary/aromatic N) is 2. The summed E-state index contributed by atoms with van der Waals surface area (Å²) in [5.74, 6) is 0.626. The molecule has 1 rings (SSSR count). The van der Waals surface area contributed by atoms with E-state index in [0.29, 0.717) is 0 Å². The third-order valence-corrected chi connectivity index (χ3v) is 2.44. The molecule has 0 saturated carbocycles. The Balaban J connectivity index is 2.88. The summed E-state index contributed by atoms with van der Waals surface area (Å²) >= 11 is 0. The zero-order valence-electron chi connectivity index (χ0n) is 10.4. The highest BCUT2D eigenvalue weighted by Gasteiger charge is 2.11. The molecule has 0 saturated heterocycles. The zero-order valence-corrected chi connectivity index (χ0v) is 10.4. The second-order valence-electron chi connectivity index (χ2n) is 3.90. The maximum atomic E-state index is 11.4. The SMILES string of the molecule is COc1ccc(C)cc1N(C)CC(=O)CC#N. The van der Waals surface area contributed by atoms with Crippen molar-refractivity contribution in [3.8, 4) is 11.8 Å². The number of ether oxygens (including phenoxy) is 1. The molecule has 17 heavy (non-hydrogen) atoms. The summed E-state index contributed by atoms with van der Waals surface area (Å²) in [7, 11) is 3.41. The molecule has 0 amide bonds. The van der Waals surface area contributed by atoms with E-state index < -0.39 is 0 Å². The van der Waals surface area contributed by atoms with Crippen LogP contribution in [0.25, 0.3) is 0 Å². The predicted molar refractivity (Wildman–Crippen MR) is 66.2 cm³/mol. The molecule has 0 radical (unpaired) electrons. The number of likely N-dealkylation sites (N-methyl/N-ethyl adjacent to an activating group) is 1. The number of carbonyl (C=O) groups is 1. The second kappa shape index (κ2) is 5.90. The molecule has 0 N–H and O–H groups in total. The average Bonchev–Trinajstić information content (AvgIpc) is 2.29. The quantitative estimate of drug-likeness (QED) is 0.778. The van der Waals surface area contributed by atoms with Gasteiger partial charge in [0.1, 0.15) is 5.75 Å². The van der Waals surface area contributed by atoms with Crippen LogP contribution < -0.4 is 9.64 Å². The lowest BCUT2D eigenvalue weighted by atomic mass is 10.2. The van der Waals surface area contributed by atoms with Gasteiger partial charge in [-0.15, -0.1) is 0 Å². The highest BCUT2D eigenvalue weighted by atomic mass is 16.5. The first-order chi connectivity index (χ1) is 8.08. The molecular weight excluding hydrogens is 216 g/mol. The van der Waals surface area contributed by atoms with Crippen LogP contribution in [-0.4, -0.2) is 26.5 Å². The minimum absolute atomic E-state index is 0.0571. The van der Waals surface area contributed by atoms with Gasteiger partial charge >= 0.3 is 0 Å². The maximum Gasteiger partial charge on any atom is 0.166 e. The van der Waals surface area contributed by atoms with Crippen molar-refractivity contribution < 1.29 is 9.53 Å². The monoisotopic (exact) mass is 232 g/mol. The summed E-state index contributed by atoms with van der Waals surface area (Å²) in [6, 6.07) is 7.64. The normalized spacial score (nSPS) is 9.53. The maximum absolute atomic E-state index is 11.4. The molecule has 0 heterocycles. The highest BCUT2D eigenvalue weighted by molar-refractivity contribution is 5.85. The summed E-state index contributed by atoms with van der Waals surface area (Å²) in [5.41, 5.74) is 1.96. The van der Waals surface area contributed by atoms with Gasteiger partial charge in [-0.2, -0.15) is 5.26 Å². The van der Waals surface area contributed by atoms with Gasteiger partial charge < -0.3 is 9.64 Å². The molecule has 0 unspecified atom stereocenters. The van der Waals surface area contributed by atoms with Crippen molar-refractivity contribution in [2.45, 2.75) is 13.3 Å². The third kappa shape index (κ3) is 3.49. The third-order valence-electron chi connectivity index (χ3n) is 2.44. The highest BCUT2D eigenvalue weighted by Crippen LogP contribution is 2.28. The lowest BCUT2D eigenvalue weighted by Crippen LogP contribution is -2.25. The molecule has 1 aromatic rings. The van der Waals surface area contributed by atoms with E-state index in [2.05, 4.69) is 0 Å². The lowest BCUT2D eigenvalue weighted by molar-refractivity contribution is -0.116. The molecular formula is C13H16N2O2. The van der Waals surface area contributed by atoms with Gasteiger partial charge in [-0.25, -0.2) is 0 Å². The molecule has 0 spiro atoms. The number of carbonyl (C=O) groups excluding carboxylic acids is 1. The summed E-state index contributed by atoms with van der Waals surface area (Å²) in [5, 5.41) is 8.45. The van der Waals surface area contributed by atoms with Gasteiger partial charge in [0.25, 0.3) is 0 Å². The summed E-state index contributed by atoms with van der Waals surface area (Å²) in [4.78, 5) is 13.2. The molecule has 0 atom stereocenters. The van der Waals surface area contributed by atoms with Gasteiger partial charge in [-0.1, -0.05) is 6.07 Å². The Morgan fingerprint density at radius 3 is 2.82 bits per heavy atom. The number of ketones is 1. The van der Waals surface area contributed by atoms with Crippen LogP contribution in [0.5, 0.6) is 5.75 Å². The minimum atomic E-state index is -0.0986. The van der Waals surface area contributed by atoms with E-state index in [0.717, 1.165) is 17.0 Å². The molecule has 0 fully saturated rings. The number of benzene rings is 1. The van der Waals surface area contributed by atoms with E-state index in [1.54, 1.807) is 12.0 Å². The Labute approximate surface area is 101 Å². The lowest BCUT2D eigenvalue weighted by Gasteiger charge is -2.21. The molecule has 0 bridgehead atoms.